The molecule has 1 aromatic rings. The molecular formula is C12H15NO5S. The SMILES string of the molecule is CC1=C(NOS(C)(=O)=O)c2cc(CO)ccc2OC1. The van der Waals surface area contributed by atoms with Crippen LogP contribution in [-0.4, -0.2) is 26.4 Å². The van der Waals surface area contributed by atoms with Crippen LogP contribution in [0, 0.1) is 0 Å². The number of ether oxygens (including phenoxy) is 1. The molecule has 0 atom stereocenters. The number of aliphatic hydroxyl groups excluding tert-OH is 1. The van der Waals surface area contributed by atoms with Gasteiger partial charge in [-0.1, -0.05) is 6.07 Å². The molecule has 0 fully saturated rings. The average molecular weight is 285 g/mol. The van der Waals surface area contributed by atoms with Gasteiger partial charge in [0.1, 0.15) is 12.4 Å². The maximum absolute atomic E-state index is 11.0. The number of nitrogens with one attached hydrogen (secondary N) is 1. The van der Waals surface area contributed by atoms with Crippen molar-refractivity contribution in [1.29, 1.82) is 0 Å². The molecule has 7 heteroatoms. The Labute approximate surface area is 111 Å². The number of benzene rings is 1. The van der Waals surface area contributed by atoms with Crippen LogP contribution in [0.2, 0.25) is 0 Å². The Morgan fingerprint density at radius 1 is 1.47 bits per heavy atom. The first kappa shape index (κ1) is 13.9. The van der Waals surface area contributed by atoms with Crippen molar-refractivity contribution in [2.75, 3.05) is 12.9 Å². The average Bonchev–Trinajstić information content (AvgIpc) is 2.35. The van der Waals surface area contributed by atoms with Gasteiger partial charge in [0.2, 0.25) is 0 Å². The van der Waals surface area contributed by atoms with Gasteiger partial charge in [-0.25, -0.2) is 5.48 Å². The standard InChI is InChI=1S/C12H15NO5S/c1-8-7-17-11-4-3-9(6-14)5-10(11)12(8)13-18-19(2,15)16/h3-5,13-14H,6-7H2,1-2H3. The molecule has 0 unspecified atom stereocenters. The van der Waals surface area contributed by atoms with Gasteiger partial charge in [-0.05, 0) is 30.2 Å². The smallest absolute Gasteiger partial charge is 0.284 e. The van der Waals surface area contributed by atoms with Crippen LogP contribution in [0.5, 0.6) is 5.75 Å². The lowest BCUT2D eigenvalue weighted by Crippen LogP contribution is -2.23. The Balaban J connectivity index is 2.37. The van der Waals surface area contributed by atoms with Crippen molar-refractivity contribution in [2.45, 2.75) is 13.5 Å². The van der Waals surface area contributed by atoms with Crippen molar-refractivity contribution in [1.82, 2.24) is 5.48 Å². The van der Waals surface area contributed by atoms with Gasteiger partial charge < -0.3 is 9.84 Å². The van der Waals surface area contributed by atoms with Crippen LogP contribution in [0.3, 0.4) is 0 Å². The van der Waals surface area contributed by atoms with Gasteiger partial charge >= 0.3 is 0 Å². The lowest BCUT2D eigenvalue weighted by molar-refractivity contribution is 0.254. The summed E-state index contributed by atoms with van der Waals surface area (Å²) in [6.45, 7) is 2.05. The molecule has 0 amide bonds. The topological polar surface area (TPSA) is 84.9 Å². The number of hydrogen-bond donors (Lipinski definition) is 2. The van der Waals surface area contributed by atoms with E-state index in [1.54, 1.807) is 18.2 Å². The number of hydrogen-bond acceptors (Lipinski definition) is 6. The summed E-state index contributed by atoms with van der Waals surface area (Å²) in [5, 5.41) is 9.15. The second-order valence-corrected chi connectivity index (χ2v) is 5.90. The second-order valence-electron chi connectivity index (χ2n) is 4.32. The monoisotopic (exact) mass is 285 g/mol. The van der Waals surface area contributed by atoms with Crippen LogP contribution in [0.15, 0.2) is 23.8 Å². The van der Waals surface area contributed by atoms with E-state index in [1.165, 1.54) is 0 Å². The molecule has 19 heavy (non-hydrogen) atoms. The Hall–Kier alpha value is -1.57. The van der Waals surface area contributed by atoms with Gasteiger partial charge in [-0.3, -0.25) is 0 Å². The van der Waals surface area contributed by atoms with Gasteiger partial charge in [0.15, 0.2) is 0 Å². The van der Waals surface area contributed by atoms with Gasteiger partial charge in [0, 0.05) is 5.56 Å². The molecule has 1 aliphatic rings. The second kappa shape index (κ2) is 5.20. The highest BCUT2D eigenvalue weighted by atomic mass is 32.2. The van der Waals surface area contributed by atoms with E-state index in [0.717, 1.165) is 11.8 Å². The third-order valence-electron chi connectivity index (χ3n) is 2.66. The van der Waals surface area contributed by atoms with Gasteiger partial charge in [0.25, 0.3) is 10.1 Å². The van der Waals surface area contributed by atoms with Crippen molar-refractivity contribution < 1.29 is 22.5 Å². The lowest BCUT2D eigenvalue weighted by atomic mass is 10.0. The maximum Gasteiger partial charge on any atom is 0.284 e. The van der Waals surface area contributed by atoms with Crippen molar-refractivity contribution in [2.24, 2.45) is 0 Å². The first-order chi connectivity index (χ1) is 8.90. The third-order valence-corrected chi connectivity index (χ3v) is 3.05. The third kappa shape index (κ3) is 3.25. The van der Waals surface area contributed by atoms with Crippen LogP contribution in [0.25, 0.3) is 5.70 Å². The van der Waals surface area contributed by atoms with E-state index >= 15 is 0 Å². The highest BCUT2D eigenvalue weighted by Gasteiger charge is 2.19. The predicted octanol–water partition coefficient (Wildman–Crippen LogP) is 0.783. The van der Waals surface area contributed by atoms with E-state index in [-0.39, 0.29) is 6.61 Å². The zero-order chi connectivity index (χ0) is 14.0. The number of rotatable bonds is 4. The van der Waals surface area contributed by atoms with E-state index in [9.17, 15) is 8.42 Å². The molecule has 0 aliphatic carbocycles. The van der Waals surface area contributed by atoms with Crippen LogP contribution < -0.4 is 10.2 Å². The van der Waals surface area contributed by atoms with Gasteiger partial charge in [-0.2, -0.15) is 12.7 Å². The molecule has 6 nitrogen and oxygen atoms in total. The summed E-state index contributed by atoms with van der Waals surface area (Å²) in [6.07, 6.45) is 0.959. The number of aliphatic hydroxyl groups is 1. The first-order valence-electron chi connectivity index (χ1n) is 5.62. The van der Waals surface area contributed by atoms with E-state index in [0.29, 0.717) is 29.2 Å². The largest absolute Gasteiger partial charge is 0.488 e. The van der Waals surface area contributed by atoms with Crippen molar-refractivity contribution in [3.63, 3.8) is 0 Å². The fourth-order valence-electron chi connectivity index (χ4n) is 1.74. The Kier molecular flexibility index (Phi) is 3.79. The predicted molar refractivity (Wildman–Crippen MR) is 69.5 cm³/mol. The molecule has 0 saturated carbocycles. The van der Waals surface area contributed by atoms with E-state index < -0.39 is 10.1 Å². The van der Waals surface area contributed by atoms with Crippen LogP contribution >= 0.6 is 0 Å². The van der Waals surface area contributed by atoms with Crippen LogP contribution in [-0.2, 0) is 21.0 Å². The number of fused-ring (bicyclic) bond motifs is 1. The molecule has 0 saturated heterocycles. The minimum absolute atomic E-state index is 0.105. The summed E-state index contributed by atoms with van der Waals surface area (Å²) in [7, 11) is -3.60. The van der Waals surface area contributed by atoms with Crippen molar-refractivity contribution >= 4 is 15.8 Å². The Bertz CT molecular complexity index is 621. The summed E-state index contributed by atoms with van der Waals surface area (Å²) < 4.78 is 32.2. The highest BCUT2D eigenvalue weighted by Crippen LogP contribution is 2.32. The normalized spacial score (nSPS) is 14.9. The summed E-state index contributed by atoms with van der Waals surface area (Å²) in [6, 6.07) is 5.20. The molecule has 2 rings (SSSR count). The summed E-state index contributed by atoms with van der Waals surface area (Å²) in [4.78, 5) is 0. The van der Waals surface area contributed by atoms with Gasteiger partial charge in [0.05, 0.1) is 18.6 Å². The zero-order valence-corrected chi connectivity index (χ0v) is 11.5. The molecular weight excluding hydrogens is 270 g/mol. The minimum atomic E-state index is -3.60. The van der Waals surface area contributed by atoms with E-state index in [2.05, 4.69) is 9.76 Å². The molecule has 0 aromatic heterocycles. The molecule has 104 valence electrons. The summed E-state index contributed by atoms with van der Waals surface area (Å²) in [5.74, 6) is 0.613. The first-order valence-corrected chi connectivity index (χ1v) is 7.43. The summed E-state index contributed by atoms with van der Waals surface area (Å²) >= 11 is 0. The van der Waals surface area contributed by atoms with E-state index in [1.807, 2.05) is 6.92 Å². The molecule has 1 aliphatic heterocycles. The molecule has 1 aromatic carbocycles. The number of hydroxylamine groups is 1. The molecule has 0 bridgehead atoms. The quantitative estimate of drug-likeness (QED) is 0.795. The van der Waals surface area contributed by atoms with Crippen LogP contribution in [0.4, 0.5) is 0 Å². The van der Waals surface area contributed by atoms with Gasteiger partial charge in [-0.15, -0.1) is 0 Å². The Morgan fingerprint density at radius 2 is 2.21 bits per heavy atom. The highest BCUT2D eigenvalue weighted by molar-refractivity contribution is 7.85. The molecule has 0 spiro atoms. The molecule has 2 N–H and O–H groups in total. The fourth-order valence-corrected chi connectivity index (χ4v) is 1.98. The summed E-state index contributed by atoms with van der Waals surface area (Å²) in [5.41, 5.74) is 5.17. The van der Waals surface area contributed by atoms with Crippen molar-refractivity contribution in [3.05, 3.63) is 34.9 Å². The van der Waals surface area contributed by atoms with E-state index in [4.69, 9.17) is 9.84 Å². The fraction of sp³-hybridized carbons (Fsp3) is 0.333. The Morgan fingerprint density at radius 3 is 2.84 bits per heavy atom. The molecule has 1 heterocycles. The molecule has 0 radical (unpaired) electrons. The minimum Gasteiger partial charge on any atom is -0.488 e. The zero-order valence-electron chi connectivity index (χ0n) is 10.6. The maximum atomic E-state index is 11.0. The lowest BCUT2D eigenvalue weighted by Gasteiger charge is -2.23. The van der Waals surface area contributed by atoms with Crippen molar-refractivity contribution in [3.8, 4) is 5.75 Å². The van der Waals surface area contributed by atoms with Crippen LogP contribution in [0.1, 0.15) is 18.1 Å².